The Hall–Kier alpha value is -1.31. The van der Waals surface area contributed by atoms with Gasteiger partial charge in [0, 0.05) is 33.1 Å². The minimum atomic E-state index is -0.209. The van der Waals surface area contributed by atoms with Crippen molar-refractivity contribution >= 4 is 35.8 Å². The zero-order chi connectivity index (χ0) is 16.7. The molecule has 24 heavy (non-hydrogen) atoms. The van der Waals surface area contributed by atoms with E-state index >= 15 is 0 Å². The highest BCUT2D eigenvalue weighted by atomic mass is 127. The minimum absolute atomic E-state index is 0. The molecule has 6 heteroatoms. The first-order chi connectivity index (χ1) is 11.1. The number of guanidine groups is 1. The molecule has 134 valence electrons. The number of aryl methyl sites for hydroxylation is 1. The van der Waals surface area contributed by atoms with Crippen molar-refractivity contribution < 1.29 is 4.79 Å². The fourth-order valence-corrected chi connectivity index (χ4v) is 3.24. The molecule has 2 rings (SSSR count). The fourth-order valence-electron chi connectivity index (χ4n) is 3.24. The number of halogens is 1. The average Bonchev–Trinajstić information content (AvgIpc) is 2.53. The van der Waals surface area contributed by atoms with E-state index in [-0.39, 0.29) is 29.9 Å². The zero-order valence-corrected chi connectivity index (χ0v) is 17.0. The molecule has 1 aromatic carbocycles. The standard InChI is InChI=1S/C18H28N4O.HI/c1-14-6-3-4-8-16(14)9-10-21-18(20-2)22-11-5-7-15(13-22)12-17(19)23;/h3-4,6,8,15H,5,7,9-13H2,1-2H3,(H2,19,23)(H,20,21);1H. The highest BCUT2D eigenvalue weighted by Crippen LogP contribution is 2.19. The second-order valence-corrected chi connectivity index (χ2v) is 6.28. The number of primary amides is 1. The Bertz CT molecular complexity index is 562. The van der Waals surface area contributed by atoms with E-state index in [0.29, 0.717) is 12.3 Å². The van der Waals surface area contributed by atoms with Gasteiger partial charge >= 0.3 is 0 Å². The summed E-state index contributed by atoms with van der Waals surface area (Å²) in [5.74, 6) is 1.06. The number of amides is 1. The molecule has 0 saturated carbocycles. The third kappa shape index (κ3) is 6.30. The highest BCUT2D eigenvalue weighted by molar-refractivity contribution is 14.0. The number of rotatable bonds is 5. The maximum absolute atomic E-state index is 11.1. The van der Waals surface area contributed by atoms with E-state index < -0.39 is 0 Å². The molecule has 0 aromatic heterocycles. The molecule has 3 N–H and O–H groups in total. The van der Waals surface area contributed by atoms with Crippen LogP contribution in [0.15, 0.2) is 29.3 Å². The van der Waals surface area contributed by atoms with Crippen LogP contribution in [0.3, 0.4) is 0 Å². The normalized spacial score (nSPS) is 18.0. The van der Waals surface area contributed by atoms with Gasteiger partial charge in [-0.25, -0.2) is 0 Å². The molecule has 1 saturated heterocycles. The molecular formula is C18H29IN4O. The zero-order valence-electron chi connectivity index (χ0n) is 14.6. The lowest BCUT2D eigenvalue weighted by Crippen LogP contribution is -2.47. The van der Waals surface area contributed by atoms with E-state index in [1.165, 1.54) is 11.1 Å². The van der Waals surface area contributed by atoms with Crippen molar-refractivity contribution in [2.24, 2.45) is 16.6 Å². The van der Waals surface area contributed by atoms with Crippen LogP contribution in [-0.4, -0.2) is 43.4 Å². The van der Waals surface area contributed by atoms with Crippen LogP contribution in [-0.2, 0) is 11.2 Å². The smallest absolute Gasteiger partial charge is 0.217 e. The second-order valence-electron chi connectivity index (χ2n) is 6.28. The molecule has 1 aliphatic rings. The quantitative estimate of drug-likeness (QED) is 0.416. The number of carbonyl (C=O) groups is 1. The summed E-state index contributed by atoms with van der Waals surface area (Å²) in [6, 6.07) is 8.46. The maximum atomic E-state index is 11.1. The van der Waals surface area contributed by atoms with Crippen LogP contribution in [0.25, 0.3) is 0 Å². The summed E-state index contributed by atoms with van der Waals surface area (Å²) in [7, 11) is 1.81. The van der Waals surface area contributed by atoms with Crippen molar-refractivity contribution in [1.29, 1.82) is 0 Å². The summed E-state index contributed by atoms with van der Waals surface area (Å²) in [5, 5.41) is 3.45. The molecule has 0 aliphatic carbocycles. The number of nitrogens with zero attached hydrogens (tertiary/aromatic N) is 2. The van der Waals surface area contributed by atoms with E-state index in [2.05, 4.69) is 46.4 Å². The minimum Gasteiger partial charge on any atom is -0.370 e. The third-order valence-electron chi connectivity index (χ3n) is 4.46. The number of carbonyl (C=O) groups excluding carboxylic acids is 1. The molecule has 1 aliphatic heterocycles. The molecule has 5 nitrogen and oxygen atoms in total. The van der Waals surface area contributed by atoms with Gasteiger partial charge in [0.05, 0.1) is 0 Å². The van der Waals surface area contributed by atoms with E-state index in [0.717, 1.165) is 44.9 Å². The summed E-state index contributed by atoms with van der Waals surface area (Å²) in [6.07, 6.45) is 3.59. The van der Waals surface area contributed by atoms with Crippen LogP contribution in [0.4, 0.5) is 0 Å². The van der Waals surface area contributed by atoms with E-state index in [4.69, 9.17) is 5.73 Å². The summed E-state index contributed by atoms with van der Waals surface area (Å²) in [5.41, 5.74) is 8.02. The summed E-state index contributed by atoms with van der Waals surface area (Å²) < 4.78 is 0. The van der Waals surface area contributed by atoms with Gasteiger partial charge < -0.3 is 16.0 Å². The number of hydrogen-bond donors (Lipinski definition) is 2. The van der Waals surface area contributed by atoms with Crippen LogP contribution in [0.5, 0.6) is 0 Å². The molecule has 0 bridgehead atoms. The summed E-state index contributed by atoms with van der Waals surface area (Å²) in [4.78, 5) is 17.8. The SMILES string of the molecule is CN=C(NCCc1ccccc1C)N1CCCC(CC(N)=O)C1.I. The Kier molecular flexibility index (Phi) is 9.10. The summed E-state index contributed by atoms with van der Waals surface area (Å²) in [6.45, 7) is 4.84. The van der Waals surface area contributed by atoms with Crippen molar-refractivity contribution in [2.45, 2.75) is 32.6 Å². The molecule has 0 spiro atoms. The van der Waals surface area contributed by atoms with Gasteiger partial charge in [-0.1, -0.05) is 24.3 Å². The first-order valence-corrected chi connectivity index (χ1v) is 8.38. The molecular weight excluding hydrogens is 415 g/mol. The summed E-state index contributed by atoms with van der Waals surface area (Å²) >= 11 is 0. The number of piperidine rings is 1. The lowest BCUT2D eigenvalue weighted by atomic mass is 9.95. The predicted octanol–water partition coefficient (Wildman–Crippen LogP) is 2.32. The molecule has 1 heterocycles. The van der Waals surface area contributed by atoms with E-state index in [1.54, 1.807) is 0 Å². The molecule has 1 unspecified atom stereocenters. The first kappa shape index (κ1) is 20.7. The lowest BCUT2D eigenvalue weighted by molar-refractivity contribution is -0.119. The van der Waals surface area contributed by atoms with Crippen molar-refractivity contribution in [3.63, 3.8) is 0 Å². The van der Waals surface area contributed by atoms with Crippen LogP contribution in [0.1, 0.15) is 30.4 Å². The van der Waals surface area contributed by atoms with Gasteiger partial charge in [0.1, 0.15) is 0 Å². The topological polar surface area (TPSA) is 70.7 Å². The Morgan fingerprint density at radius 1 is 1.42 bits per heavy atom. The Morgan fingerprint density at radius 2 is 2.17 bits per heavy atom. The average molecular weight is 444 g/mol. The maximum Gasteiger partial charge on any atom is 0.217 e. The van der Waals surface area contributed by atoms with Gasteiger partial charge in [0.15, 0.2) is 5.96 Å². The molecule has 1 atom stereocenters. The largest absolute Gasteiger partial charge is 0.370 e. The fraction of sp³-hybridized carbons (Fsp3) is 0.556. The Labute approximate surface area is 162 Å². The molecule has 1 aromatic rings. The van der Waals surface area contributed by atoms with E-state index in [1.807, 2.05) is 7.05 Å². The van der Waals surface area contributed by atoms with Gasteiger partial charge in [-0.15, -0.1) is 24.0 Å². The van der Waals surface area contributed by atoms with Gasteiger partial charge in [-0.2, -0.15) is 0 Å². The van der Waals surface area contributed by atoms with Crippen LogP contribution in [0, 0.1) is 12.8 Å². The Morgan fingerprint density at radius 3 is 2.83 bits per heavy atom. The van der Waals surface area contributed by atoms with Gasteiger partial charge in [0.25, 0.3) is 0 Å². The van der Waals surface area contributed by atoms with Gasteiger partial charge in [-0.05, 0) is 43.2 Å². The number of likely N-dealkylation sites (tertiary alicyclic amines) is 1. The van der Waals surface area contributed by atoms with Crippen molar-refractivity contribution in [1.82, 2.24) is 10.2 Å². The third-order valence-corrected chi connectivity index (χ3v) is 4.46. The van der Waals surface area contributed by atoms with E-state index in [9.17, 15) is 4.79 Å². The van der Waals surface area contributed by atoms with Crippen molar-refractivity contribution in [3.8, 4) is 0 Å². The van der Waals surface area contributed by atoms with Crippen LogP contribution >= 0.6 is 24.0 Å². The number of nitrogens with two attached hydrogens (primary N) is 1. The van der Waals surface area contributed by atoms with Crippen LogP contribution < -0.4 is 11.1 Å². The van der Waals surface area contributed by atoms with Crippen molar-refractivity contribution in [2.75, 3.05) is 26.7 Å². The van der Waals surface area contributed by atoms with Crippen LogP contribution in [0.2, 0.25) is 0 Å². The molecule has 1 amide bonds. The number of aliphatic imine (C=N–C) groups is 1. The van der Waals surface area contributed by atoms with Gasteiger partial charge in [0.2, 0.25) is 5.91 Å². The predicted molar refractivity (Wildman–Crippen MR) is 110 cm³/mol. The number of hydrogen-bond acceptors (Lipinski definition) is 2. The first-order valence-electron chi connectivity index (χ1n) is 8.38. The highest BCUT2D eigenvalue weighted by Gasteiger charge is 2.23. The van der Waals surface area contributed by atoms with Crippen molar-refractivity contribution in [3.05, 3.63) is 35.4 Å². The Balaban J connectivity index is 0.00000288. The van der Waals surface area contributed by atoms with Gasteiger partial charge in [-0.3, -0.25) is 9.79 Å². The second kappa shape index (κ2) is 10.5. The molecule has 1 fully saturated rings. The monoisotopic (exact) mass is 444 g/mol. The number of nitrogens with one attached hydrogen (secondary N) is 1. The lowest BCUT2D eigenvalue weighted by Gasteiger charge is -2.34. The molecule has 0 radical (unpaired) electrons. The number of benzene rings is 1.